The Morgan fingerprint density at radius 1 is 1.53 bits per heavy atom. The van der Waals surface area contributed by atoms with Crippen molar-refractivity contribution in [2.45, 2.75) is 13.3 Å². The molecule has 0 heterocycles. The summed E-state index contributed by atoms with van der Waals surface area (Å²) in [5, 5.41) is 8.86. The molecule has 0 radical (unpaired) electrons. The predicted molar refractivity (Wildman–Crippen MR) is 58.9 cm³/mol. The van der Waals surface area contributed by atoms with Gasteiger partial charge in [0.25, 0.3) is 0 Å². The van der Waals surface area contributed by atoms with E-state index in [2.05, 4.69) is 0 Å². The second-order valence-electron chi connectivity index (χ2n) is 3.10. The number of carbonyl (C=O) groups is 1. The van der Waals surface area contributed by atoms with Crippen molar-refractivity contribution in [2.75, 3.05) is 7.11 Å². The minimum atomic E-state index is -0.875. The molecule has 1 rings (SSSR count). The summed E-state index contributed by atoms with van der Waals surface area (Å²) in [7, 11) is 1.58. The molecule has 80 valence electrons. The van der Waals surface area contributed by atoms with Gasteiger partial charge >= 0.3 is 5.97 Å². The van der Waals surface area contributed by atoms with Crippen LogP contribution in [0.25, 0.3) is 6.08 Å². The predicted octanol–water partition coefficient (Wildman–Crippen LogP) is 2.57. The third kappa shape index (κ3) is 3.13. The van der Waals surface area contributed by atoms with Crippen LogP contribution in [0.1, 0.15) is 18.9 Å². The third-order valence-electron chi connectivity index (χ3n) is 2.09. The van der Waals surface area contributed by atoms with Gasteiger partial charge in [0.1, 0.15) is 5.75 Å². The number of carboxylic acid groups (broad SMARTS) is 1. The van der Waals surface area contributed by atoms with E-state index in [4.69, 9.17) is 9.84 Å². The molecule has 0 saturated heterocycles. The molecule has 0 aliphatic carbocycles. The molecule has 0 unspecified atom stereocenters. The molecule has 3 heteroatoms. The van der Waals surface area contributed by atoms with E-state index in [1.165, 1.54) is 0 Å². The van der Waals surface area contributed by atoms with Crippen LogP contribution in [0, 0.1) is 0 Å². The van der Waals surface area contributed by atoms with Crippen molar-refractivity contribution in [3.63, 3.8) is 0 Å². The fraction of sp³-hybridized carbons (Fsp3) is 0.250. The summed E-state index contributed by atoms with van der Waals surface area (Å²) >= 11 is 0. The molecule has 1 aromatic rings. The Labute approximate surface area is 89.0 Å². The summed E-state index contributed by atoms with van der Waals surface area (Å²) in [5.41, 5.74) is 1.23. The lowest BCUT2D eigenvalue weighted by molar-refractivity contribution is -0.132. The zero-order chi connectivity index (χ0) is 11.3. The summed E-state index contributed by atoms with van der Waals surface area (Å²) < 4.78 is 5.05. The number of aliphatic carboxylic acids is 1. The first-order chi connectivity index (χ1) is 7.17. The van der Waals surface area contributed by atoms with Crippen LogP contribution in [0.4, 0.5) is 0 Å². The zero-order valence-electron chi connectivity index (χ0n) is 8.86. The van der Waals surface area contributed by atoms with Crippen molar-refractivity contribution in [1.82, 2.24) is 0 Å². The highest BCUT2D eigenvalue weighted by atomic mass is 16.5. The van der Waals surface area contributed by atoms with Crippen LogP contribution in [-0.4, -0.2) is 18.2 Å². The molecule has 0 spiro atoms. The Hall–Kier alpha value is -1.77. The van der Waals surface area contributed by atoms with Gasteiger partial charge in [-0.25, -0.2) is 4.79 Å². The third-order valence-corrected chi connectivity index (χ3v) is 2.09. The number of hydrogen-bond acceptors (Lipinski definition) is 2. The molecule has 0 atom stereocenters. The Bertz CT molecular complexity index is 380. The molecule has 1 aromatic carbocycles. The van der Waals surface area contributed by atoms with Crippen LogP contribution in [0.5, 0.6) is 5.75 Å². The van der Waals surface area contributed by atoms with Crippen LogP contribution in [0.15, 0.2) is 29.8 Å². The highest BCUT2D eigenvalue weighted by Gasteiger charge is 2.04. The molecule has 1 N–H and O–H groups in total. The molecule has 0 aromatic heterocycles. The SMILES string of the molecule is CCC(=Cc1cccc(OC)c1)C(=O)O. The summed E-state index contributed by atoms with van der Waals surface area (Å²) in [6, 6.07) is 7.31. The van der Waals surface area contributed by atoms with Crippen molar-refractivity contribution >= 4 is 12.0 Å². The molecular weight excluding hydrogens is 192 g/mol. The first kappa shape index (κ1) is 11.3. The first-order valence-electron chi connectivity index (χ1n) is 4.75. The Kier molecular flexibility index (Phi) is 3.92. The van der Waals surface area contributed by atoms with Gasteiger partial charge in [0.05, 0.1) is 7.11 Å². The van der Waals surface area contributed by atoms with Crippen molar-refractivity contribution in [3.05, 3.63) is 35.4 Å². The molecule has 0 bridgehead atoms. The van der Waals surface area contributed by atoms with Crippen LogP contribution >= 0.6 is 0 Å². The lowest BCUT2D eigenvalue weighted by Crippen LogP contribution is -1.98. The second kappa shape index (κ2) is 5.20. The summed E-state index contributed by atoms with van der Waals surface area (Å²) in [5.74, 6) is -0.148. The maximum absolute atomic E-state index is 10.8. The number of hydrogen-bond donors (Lipinski definition) is 1. The minimum Gasteiger partial charge on any atom is -0.497 e. The number of benzene rings is 1. The van der Waals surface area contributed by atoms with E-state index in [0.717, 1.165) is 11.3 Å². The van der Waals surface area contributed by atoms with E-state index in [0.29, 0.717) is 12.0 Å². The molecule has 0 fully saturated rings. The molecule has 0 saturated carbocycles. The topological polar surface area (TPSA) is 46.5 Å². The monoisotopic (exact) mass is 206 g/mol. The summed E-state index contributed by atoms with van der Waals surface area (Å²) in [4.78, 5) is 10.8. The van der Waals surface area contributed by atoms with Crippen LogP contribution < -0.4 is 4.74 Å². The fourth-order valence-corrected chi connectivity index (χ4v) is 1.25. The van der Waals surface area contributed by atoms with Crippen molar-refractivity contribution in [2.24, 2.45) is 0 Å². The van der Waals surface area contributed by atoms with Gasteiger partial charge in [-0.15, -0.1) is 0 Å². The molecule has 0 aliphatic heterocycles. The number of ether oxygens (including phenoxy) is 1. The van der Waals surface area contributed by atoms with Gasteiger partial charge in [-0.1, -0.05) is 19.1 Å². The van der Waals surface area contributed by atoms with E-state index >= 15 is 0 Å². The van der Waals surface area contributed by atoms with Crippen LogP contribution in [0.2, 0.25) is 0 Å². The van der Waals surface area contributed by atoms with Gasteiger partial charge in [0, 0.05) is 5.57 Å². The Morgan fingerprint density at radius 2 is 2.27 bits per heavy atom. The minimum absolute atomic E-state index is 0.392. The highest BCUT2D eigenvalue weighted by Crippen LogP contribution is 2.16. The van der Waals surface area contributed by atoms with E-state index in [1.54, 1.807) is 19.3 Å². The number of methoxy groups -OCH3 is 1. The maximum atomic E-state index is 10.8. The number of rotatable bonds is 4. The molecular formula is C12H14O3. The van der Waals surface area contributed by atoms with Gasteiger partial charge in [-0.3, -0.25) is 0 Å². The number of carboxylic acids is 1. The van der Waals surface area contributed by atoms with E-state index in [1.807, 2.05) is 25.1 Å². The normalized spacial score (nSPS) is 11.2. The molecule has 15 heavy (non-hydrogen) atoms. The summed E-state index contributed by atoms with van der Waals surface area (Å²) in [6.07, 6.45) is 2.16. The van der Waals surface area contributed by atoms with Gasteiger partial charge in [0.2, 0.25) is 0 Å². The van der Waals surface area contributed by atoms with Crippen molar-refractivity contribution < 1.29 is 14.6 Å². The Morgan fingerprint density at radius 3 is 2.80 bits per heavy atom. The quantitative estimate of drug-likeness (QED) is 0.770. The smallest absolute Gasteiger partial charge is 0.331 e. The molecule has 0 amide bonds. The molecule has 0 aliphatic rings. The van der Waals surface area contributed by atoms with Gasteiger partial charge in [-0.05, 0) is 30.2 Å². The average molecular weight is 206 g/mol. The van der Waals surface area contributed by atoms with E-state index in [-0.39, 0.29) is 0 Å². The second-order valence-corrected chi connectivity index (χ2v) is 3.10. The highest BCUT2D eigenvalue weighted by molar-refractivity contribution is 5.92. The van der Waals surface area contributed by atoms with Gasteiger partial charge in [-0.2, -0.15) is 0 Å². The lowest BCUT2D eigenvalue weighted by Gasteiger charge is -2.02. The maximum Gasteiger partial charge on any atom is 0.331 e. The lowest BCUT2D eigenvalue weighted by atomic mass is 10.1. The van der Waals surface area contributed by atoms with E-state index < -0.39 is 5.97 Å². The zero-order valence-corrected chi connectivity index (χ0v) is 8.86. The molecule has 3 nitrogen and oxygen atoms in total. The average Bonchev–Trinajstić information content (AvgIpc) is 2.25. The van der Waals surface area contributed by atoms with Gasteiger partial charge < -0.3 is 9.84 Å². The van der Waals surface area contributed by atoms with Crippen LogP contribution in [-0.2, 0) is 4.79 Å². The van der Waals surface area contributed by atoms with Crippen molar-refractivity contribution in [3.8, 4) is 5.75 Å². The Balaban J connectivity index is 3.00. The largest absolute Gasteiger partial charge is 0.497 e. The van der Waals surface area contributed by atoms with Crippen molar-refractivity contribution in [1.29, 1.82) is 0 Å². The fourth-order valence-electron chi connectivity index (χ4n) is 1.25. The first-order valence-corrected chi connectivity index (χ1v) is 4.75. The van der Waals surface area contributed by atoms with Gasteiger partial charge in [0.15, 0.2) is 0 Å². The standard InChI is InChI=1S/C12H14O3/c1-3-10(12(13)14)7-9-5-4-6-11(8-9)15-2/h4-8H,3H2,1-2H3,(H,13,14). The van der Waals surface area contributed by atoms with E-state index in [9.17, 15) is 4.79 Å². The van der Waals surface area contributed by atoms with Crippen LogP contribution in [0.3, 0.4) is 0 Å². The summed E-state index contributed by atoms with van der Waals surface area (Å²) in [6.45, 7) is 1.82.